The molecule has 1 aliphatic rings. The van der Waals surface area contributed by atoms with E-state index in [9.17, 15) is 0 Å². The summed E-state index contributed by atoms with van der Waals surface area (Å²) < 4.78 is 0. The summed E-state index contributed by atoms with van der Waals surface area (Å²) >= 11 is 2.11. The van der Waals surface area contributed by atoms with Crippen molar-refractivity contribution in [2.24, 2.45) is 5.92 Å². The number of thioether (sulfide) groups is 1. The molecule has 0 heterocycles. The monoisotopic (exact) mass is 277 g/mol. The molecule has 1 N–H and O–H groups in total. The molecule has 2 rings (SSSR count). The summed E-state index contributed by atoms with van der Waals surface area (Å²) in [7, 11) is 0. The van der Waals surface area contributed by atoms with E-state index in [2.05, 4.69) is 62.1 Å². The molecule has 0 radical (unpaired) electrons. The van der Waals surface area contributed by atoms with Crippen LogP contribution in [0, 0.1) is 5.92 Å². The summed E-state index contributed by atoms with van der Waals surface area (Å²) in [4.78, 5) is 1.48. The van der Waals surface area contributed by atoms with Crippen molar-refractivity contribution in [3.63, 3.8) is 0 Å². The van der Waals surface area contributed by atoms with E-state index in [4.69, 9.17) is 0 Å². The zero-order valence-electron chi connectivity index (χ0n) is 12.5. The van der Waals surface area contributed by atoms with Crippen LogP contribution < -0.4 is 5.32 Å². The van der Waals surface area contributed by atoms with Crippen LogP contribution in [0.5, 0.6) is 0 Å². The summed E-state index contributed by atoms with van der Waals surface area (Å²) in [6.07, 6.45) is 5.60. The van der Waals surface area contributed by atoms with Gasteiger partial charge >= 0.3 is 0 Å². The first kappa shape index (κ1) is 14.9. The Morgan fingerprint density at radius 2 is 2.11 bits per heavy atom. The second-order valence-electron chi connectivity index (χ2n) is 5.83. The summed E-state index contributed by atoms with van der Waals surface area (Å²) in [6, 6.07) is 9.37. The van der Waals surface area contributed by atoms with Crippen molar-refractivity contribution in [1.29, 1.82) is 0 Å². The Kier molecular flexibility index (Phi) is 5.77. The average molecular weight is 277 g/mol. The lowest BCUT2D eigenvalue weighted by Crippen LogP contribution is -2.19. The van der Waals surface area contributed by atoms with Crippen molar-refractivity contribution < 1.29 is 0 Å². The Morgan fingerprint density at radius 1 is 1.32 bits per heavy atom. The number of nitrogens with one attached hydrogen (secondary N) is 1. The highest BCUT2D eigenvalue weighted by molar-refractivity contribution is 8.00. The van der Waals surface area contributed by atoms with Crippen molar-refractivity contribution in [3.05, 3.63) is 29.8 Å². The molecule has 0 amide bonds. The highest BCUT2D eigenvalue weighted by atomic mass is 32.2. The molecule has 3 unspecified atom stereocenters. The lowest BCUT2D eigenvalue weighted by atomic mass is 9.91. The largest absolute Gasteiger partial charge is 0.310 e. The first-order valence-electron chi connectivity index (χ1n) is 7.69. The zero-order chi connectivity index (χ0) is 13.7. The van der Waals surface area contributed by atoms with Crippen LogP contribution in [0.4, 0.5) is 0 Å². The summed E-state index contributed by atoms with van der Waals surface area (Å²) in [6.45, 7) is 7.88. The van der Waals surface area contributed by atoms with E-state index in [0.29, 0.717) is 6.04 Å². The van der Waals surface area contributed by atoms with Crippen LogP contribution in [0.1, 0.15) is 58.1 Å². The van der Waals surface area contributed by atoms with Gasteiger partial charge in [0.05, 0.1) is 0 Å². The minimum atomic E-state index is 0.453. The molecule has 2 heteroatoms. The first-order valence-corrected chi connectivity index (χ1v) is 8.57. The van der Waals surface area contributed by atoms with Gasteiger partial charge in [-0.25, -0.2) is 0 Å². The highest BCUT2D eigenvalue weighted by Crippen LogP contribution is 2.38. The summed E-state index contributed by atoms with van der Waals surface area (Å²) in [5.41, 5.74) is 1.47. The Bertz CT molecular complexity index is 391. The molecule has 106 valence electrons. The van der Waals surface area contributed by atoms with Crippen LogP contribution in [-0.4, -0.2) is 11.8 Å². The van der Waals surface area contributed by atoms with E-state index in [1.165, 1.54) is 36.1 Å². The summed E-state index contributed by atoms with van der Waals surface area (Å²) in [5.74, 6) is 0.907. The van der Waals surface area contributed by atoms with Crippen molar-refractivity contribution in [2.75, 3.05) is 6.54 Å². The van der Waals surface area contributed by atoms with Crippen LogP contribution in [0.2, 0.25) is 0 Å². The normalized spacial score (nSPS) is 25.2. The Morgan fingerprint density at radius 3 is 2.84 bits per heavy atom. The van der Waals surface area contributed by atoms with Crippen molar-refractivity contribution in [1.82, 2.24) is 5.32 Å². The lowest BCUT2D eigenvalue weighted by Gasteiger charge is -2.27. The highest BCUT2D eigenvalue weighted by Gasteiger charge is 2.21. The van der Waals surface area contributed by atoms with Gasteiger partial charge in [0.1, 0.15) is 0 Å². The molecule has 0 bridgehead atoms. The van der Waals surface area contributed by atoms with Gasteiger partial charge in [-0.05, 0) is 43.9 Å². The van der Waals surface area contributed by atoms with Crippen molar-refractivity contribution >= 4 is 11.8 Å². The zero-order valence-corrected chi connectivity index (χ0v) is 13.3. The standard InChI is InChI=1S/C17H27NS/c1-4-18-14(3)16-10-5-6-11-17(16)19-15-9-7-8-13(2)12-15/h5-6,10-11,13-15,18H,4,7-9,12H2,1-3H3. The molecule has 3 atom stereocenters. The molecule has 0 spiro atoms. The number of hydrogen-bond acceptors (Lipinski definition) is 2. The maximum Gasteiger partial charge on any atom is 0.0302 e. The fraction of sp³-hybridized carbons (Fsp3) is 0.647. The maximum atomic E-state index is 3.53. The van der Waals surface area contributed by atoms with E-state index in [1.54, 1.807) is 0 Å². The molecule has 1 aromatic carbocycles. The molecule has 0 aromatic heterocycles. The average Bonchev–Trinajstić information content (AvgIpc) is 2.39. The van der Waals surface area contributed by atoms with Gasteiger partial charge in [0.2, 0.25) is 0 Å². The second-order valence-corrected chi connectivity index (χ2v) is 7.17. The maximum absolute atomic E-state index is 3.53. The number of rotatable bonds is 5. The Hall–Kier alpha value is -0.470. The third-order valence-corrected chi connectivity index (χ3v) is 5.46. The van der Waals surface area contributed by atoms with Crippen molar-refractivity contribution in [3.8, 4) is 0 Å². The molecular weight excluding hydrogens is 250 g/mol. The number of benzene rings is 1. The van der Waals surface area contributed by atoms with E-state index in [1.807, 2.05) is 0 Å². The van der Waals surface area contributed by atoms with Crippen LogP contribution in [0.25, 0.3) is 0 Å². The van der Waals surface area contributed by atoms with Gasteiger partial charge in [-0.3, -0.25) is 0 Å². The SMILES string of the molecule is CCNC(C)c1ccccc1SC1CCCC(C)C1. The van der Waals surface area contributed by atoms with E-state index in [0.717, 1.165) is 17.7 Å². The van der Waals surface area contributed by atoms with Gasteiger partial charge in [-0.1, -0.05) is 44.9 Å². The van der Waals surface area contributed by atoms with E-state index >= 15 is 0 Å². The predicted molar refractivity (Wildman–Crippen MR) is 85.8 cm³/mol. The second kappa shape index (κ2) is 7.35. The van der Waals surface area contributed by atoms with Crippen LogP contribution in [-0.2, 0) is 0 Å². The number of hydrogen-bond donors (Lipinski definition) is 1. The fourth-order valence-electron chi connectivity index (χ4n) is 3.03. The van der Waals surface area contributed by atoms with Gasteiger partial charge in [0.25, 0.3) is 0 Å². The minimum absolute atomic E-state index is 0.453. The van der Waals surface area contributed by atoms with Gasteiger partial charge in [-0.15, -0.1) is 11.8 Å². The van der Waals surface area contributed by atoms with Crippen LogP contribution in [0.15, 0.2) is 29.2 Å². The first-order chi connectivity index (χ1) is 9.20. The molecule has 0 aliphatic heterocycles. The smallest absolute Gasteiger partial charge is 0.0302 e. The molecule has 1 aromatic rings. The third kappa shape index (κ3) is 4.25. The van der Waals surface area contributed by atoms with E-state index in [-0.39, 0.29) is 0 Å². The van der Waals surface area contributed by atoms with Gasteiger partial charge in [0.15, 0.2) is 0 Å². The van der Waals surface area contributed by atoms with Gasteiger partial charge in [0, 0.05) is 16.2 Å². The topological polar surface area (TPSA) is 12.0 Å². The van der Waals surface area contributed by atoms with Gasteiger partial charge < -0.3 is 5.32 Å². The lowest BCUT2D eigenvalue weighted by molar-refractivity contribution is 0.394. The minimum Gasteiger partial charge on any atom is -0.310 e. The molecule has 0 saturated heterocycles. The molecule has 1 fully saturated rings. The van der Waals surface area contributed by atoms with Gasteiger partial charge in [-0.2, -0.15) is 0 Å². The third-order valence-electron chi connectivity index (χ3n) is 4.08. The fourth-order valence-corrected chi connectivity index (χ4v) is 4.63. The Labute approximate surface area is 122 Å². The van der Waals surface area contributed by atoms with Crippen molar-refractivity contribution in [2.45, 2.75) is 62.6 Å². The quantitative estimate of drug-likeness (QED) is 0.810. The molecule has 19 heavy (non-hydrogen) atoms. The molecule has 1 nitrogen and oxygen atoms in total. The molecular formula is C17H27NS. The predicted octanol–water partition coefficient (Wildman–Crippen LogP) is 5.03. The molecule has 1 saturated carbocycles. The summed E-state index contributed by atoms with van der Waals surface area (Å²) in [5, 5.41) is 4.35. The van der Waals surface area contributed by atoms with Crippen LogP contribution in [0.3, 0.4) is 0 Å². The van der Waals surface area contributed by atoms with E-state index < -0.39 is 0 Å². The molecule has 1 aliphatic carbocycles. The van der Waals surface area contributed by atoms with Crippen LogP contribution >= 0.6 is 11.8 Å². The Balaban J connectivity index is 2.06.